The number of ether oxygens (including phenoxy) is 3. The average molecular weight is 720 g/mol. The van der Waals surface area contributed by atoms with Gasteiger partial charge in [-0.1, -0.05) is 45.0 Å². The number of anilines is 5. The Kier molecular flexibility index (Phi) is 11.2. The highest BCUT2D eigenvalue weighted by atomic mass is 16.5. The number of fused-ring (bicyclic) bond motifs is 1. The van der Waals surface area contributed by atoms with Crippen molar-refractivity contribution >= 4 is 51.3 Å². The second-order valence-electron chi connectivity index (χ2n) is 13.7. The Hall–Kier alpha value is -6.05. The van der Waals surface area contributed by atoms with Gasteiger partial charge >= 0.3 is 6.03 Å². The molecular formula is C40H45N7O6. The number of amides is 3. The second-order valence-corrected chi connectivity index (χ2v) is 13.7. The summed E-state index contributed by atoms with van der Waals surface area (Å²) in [5.74, 6) is 1.44. The lowest BCUT2D eigenvalue weighted by molar-refractivity contribution is 0.0383. The van der Waals surface area contributed by atoms with Crippen LogP contribution in [0.15, 0.2) is 85.1 Å². The number of rotatable bonds is 11. The van der Waals surface area contributed by atoms with Crippen LogP contribution in [0.5, 0.6) is 23.0 Å². The fourth-order valence-corrected chi connectivity index (χ4v) is 6.02. The normalized spacial score (nSPS) is 13.3. The summed E-state index contributed by atoms with van der Waals surface area (Å²) in [5, 5.41) is 24.1. The third kappa shape index (κ3) is 9.07. The van der Waals surface area contributed by atoms with Gasteiger partial charge in [-0.05, 0) is 53.4 Å². The first kappa shape index (κ1) is 36.7. The molecule has 4 aromatic carbocycles. The maximum Gasteiger partial charge on any atom is 0.323 e. The minimum Gasteiger partial charge on any atom is -0.507 e. The molecule has 0 radical (unpaired) electrons. The number of nitrogens with zero attached hydrogens (tertiary/aromatic N) is 2. The summed E-state index contributed by atoms with van der Waals surface area (Å²) in [5.41, 5.74) is 9.24. The van der Waals surface area contributed by atoms with E-state index in [0.717, 1.165) is 29.4 Å². The summed E-state index contributed by atoms with van der Waals surface area (Å²) in [6, 6.07) is 22.6. The lowest BCUT2D eigenvalue weighted by Gasteiger charge is -2.26. The van der Waals surface area contributed by atoms with E-state index in [0.29, 0.717) is 72.1 Å². The number of phenols is 1. The second kappa shape index (κ2) is 16.1. The van der Waals surface area contributed by atoms with Crippen molar-refractivity contribution in [3.05, 3.63) is 96.2 Å². The van der Waals surface area contributed by atoms with Crippen LogP contribution < -0.4 is 36.5 Å². The first-order chi connectivity index (χ1) is 25.5. The number of hydrogen-bond donors (Lipinski definition) is 6. The van der Waals surface area contributed by atoms with Crippen LogP contribution in [-0.2, 0) is 10.2 Å². The van der Waals surface area contributed by atoms with Crippen LogP contribution in [0.2, 0.25) is 0 Å². The number of pyridine rings is 1. The summed E-state index contributed by atoms with van der Waals surface area (Å²) >= 11 is 0. The SMILES string of the molecule is COc1c(N)cc(C(C)(C)C)cc1NC(=O)Nc1ccc(Oc2ccnc(Nc3ccc(C(=O)NCCN4CCOCC4)c(O)c3)c2)c2ccccc12. The van der Waals surface area contributed by atoms with Crippen molar-refractivity contribution in [2.75, 3.05) is 68.2 Å². The highest BCUT2D eigenvalue weighted by Crippen LogP contribution is 2.38. The number of nitrogens with one attached hydrogen (secondary N) is 4. The Morgan fingerprint density at radius 3 is 2.43 bits per heavy atom. The van der Waals surface area contributed by atoms with Crippen molar-refractivity contribution in [3.63, 3.8) is 0 Å². The zero-order chi connectivity index (χ0) is 37.5. The molecule has 0 saturated carbocycles. The quantitative estimate of drug-likeness (QED) is 0.0776. The first-order valence-corrected chi connectivity index (χ1v) is 17.4. The van der Waals surface area contributed by atoms with E-state index >= 15 is 0 Å². The number of phenolic OH excluding ortho intramolecular Hbond substituents is 1. The number of morpholine rings is 1. The third-order valence-electron chi connectivity index (χ3n) is 8.86. The van der Waals surface area contributed by atoms with E-state index in [2.05, 4.69) is 51.9 Å². The molecule has 6 rings (SSSR count). The van der Waals surface area contributed by atoms with Gasteiger partial charge in [-0.3, -0.25) is 9.69 Å². The zero-order valence-electron chi connectivity index (χ0n) is 30.3. The average Bonchev–Trinajstić information content (AvgIpc) is 3.13. The zero-order valence-corrected chi connectivity index (χ0v) is 30.3. The van der Waals surface area contributed by atoms with Crippen LogP contribution in [0, 0.1) is 0 Å². The Morgan fingerprint density at radius 1 is 0.943 bits per heavy atom. The lowest BCUT2D eigenvalue weighted by atomic mass is 9.86. The molecule has 0 unspecified atom stereocenters. The monoisotopic (exact) mass is 719 g/mol. The number of urea groups is 1. The lowest BCUT2D eigenvalue weighted by Crippen LogP contribution is -2.41. The molecule has 13 nitrogen and oxygen atoms in total. The van der Waals surface area contributed by atoms with Crippen molar-refractivity contribution in [1.82, 2.24) is 15.2 Å². The fourth-order valence-electron chi connectivity index (χ4n) is 6.02. The maximum absolute atomic E-state index is 13.3. The molecule has 5 aromatic rings. The van der Waals surface area contributed by atoms with E-state index in [1.807, 2.05) is 36.4 Å². The molecule has 1 aromatic heterocycles. The van der Waals surface area contributed by atoms with Crippen molar-refractivity contribution < 1.29 is 28.9 Å². The summed E-state index contributed by atoms with van der Waals surface area (Å²) in [6.45, 7) is 10.5. The van der Waals surface area contributed by atoms with Gasteiger partial charge < -0.3 is 46.3 Å². The van der Waals surface area contributed by atoms with Gasteiger partial charge in [0.1, 0.15) is 23.1 Å². The van der Waals surface area contributed by atoms with Gasteiger partial charge in [-0.15, -0.1) is 0 Å². The minimum atomic E-state index is -0.457. The van der Waals surface area contributed by atoms with Crippen LogP contribution in [-0.4, -0.2) is 73.4 Å². The predicted octanol–water partition coefficient (Wildman–Crippen LogP) is 7.07. The standard InChI is InChI=1S/C40H45N7O6/c1-40(2,3)25-21-31(41)37(51-4)33(22-25)46-39(50)45-32-11-12-35(29-8-6-5-7-28(29)32)53-27-13-14-42-36(24-27)44-26-9-10-30(34(48)23-26)38(49)43-15-16-47-17-19-52-20-18-47/h5-14,21-24,48H,15-20,41H2,1-4H3,(H,42,44)(H,43,49)(H2,45,46,50). The summed E-state index contributed by atoms with van der Waals surface area (Å²) < 4.78 is 17.2. The van der Waals surface area contributed by atoms with Crippen molar-refractivity contribution in [1.29, 1.82) is 0 Å². The highest BCUT2D eigenvalue weighted by Gasteiger charge is 2.20. The number of benzene rings is 4. The molecule has 1 saturated heterocycles. The topological polar surface area (TPSA) is 172 Å². The number of nitrogen functional groups attached to an aromatic ring is 1. The molecule has 3 amide bonds. The molecule has 53 heavy (non-hydrogen) atoms. The van der Waals surface area contributed by atoms with E-state index in [1.165, 1.54) is 13.2 Å². The molecule has 1 aliphatic rings. The maximum atomic E-state index is 13.3. The number of carbonyl (C=O) groups is 2. The van der Waals surface area contributed by atoms with E-state index < -0.39 is 6.03 Å². The van der Waals surface area contributed by atoms with Crippen LogP contribution in [0.3, 0.4) is 0 Å². The van der Waals surface area contributed by atoms with E-state index in [-0.39, 0.29) is 22.6 Å². The van der Waals surface area contributed by atoms with Gasteiger partial charge in [0.25, 0.3) is 5.91 Å². The first-order valence-electron chi connectivity index (χ1n) is 17.4. The molecule has 0 spiro atoms. The number of nitrogens with two attached hydrogens (primary N) is 1. The summed E-state index contributed by atoms with van der Waals surface area (Å²) in [4.78, 5) is 32.6. The number of methoxy groups -OCH3 is 1. The molecule has 276 valence electrons. The predicted molar refractivity (Wildman–Crippen MR) is 208 cm³/mol. The molecule has 0 aliphatic carbocycles. The van der Waals surface area contributed by atoms with E-state index in [9.17, 15) is 14.7 Å². The highest BCUT2D eigenvalue weighted by molar-refractivity contribution is 6.08. The Bertz CT molecular complexity index is 2110. The molecule has 0 atom stereocenters. The van der Waals surface area contributed by atoms with Gasteiger partial charge in [-0.2, -0.15) is 0 Å². The fraction of sp³-hybridized carbons (Fsp3) is 0.275. The largest absolute Gasteiger partial charge is 0.507 e. The molecule has 2 heterocycles. The van der Waals surface area contributed by atoms with Crippen LogP contribution in [0.4, 0.5) is 33.4 Å². The van der Waals surface area contributed by atoms with Crippen LogP contribution in [0.1, 0.15) is 36.7 Å². The van der Waals surface area contributed by atoms with E-state index in [1.54, 1.807) is 42.6 Å². The van der Waals surface area contributed by atoms with Gasteiger partial charge in [0, 0.05) is 61.0 Å². The van der Waals surface area contributed by atoms with Gasteiger partial charge in [0.05, 0.1) is 42.9 Å². The van der Waals surface area contributed by atoms with E-state index in [4.69, 9.17) is 19.9 Å². The summed E-state index contributed by atoms with van der Waals surface area (Å²) in [7, 11) is 1.51. The number of aromatic nitrogens is 1. The smallest absolute Gasteiger partial charge is 0.323 e. The minimum absolute atomic E-state index is 0.151. The Labute approximate surface area is 308 Å². The molecular weight excluding hydrogens is 674 g/mol. The molecule has 1 aliphatic heterocycles. The van der Waals surface area contributed by atoms with Crippen molar-refractivity contribution in [2.45, 2.75) is 26.2 Å². The Morgan fingerprint density at radius 2 is 1.70 bits per heavy atom. The summed E-state index contributed by atoms with van der Waals surface area (Å²) in [6.07, 6.45) is 1.60. The Balaban J connectivity index is 1.12. The van der Waals surface area contributed by atoms with Crippen molar-refractivity contribution in [2.24, 2.45) is 0 Å². The number of aromatic hydroxyl groups is 1. The molecule has 0 bridgehead atoms. The van der Waals surface area contributed by atoms with Gasteiger partial charge in [-0.25, -0.2) is 9.78 Å². The van der Waals surface area contributed by atoms with Gasteiger partial charge in [0.15, 0.2) is 5.75 Å². The molecule has 1 fully saturated rings. The van der Waals surface area contributed by atoms with Gasteiger partial charge in [0.2, 0.25) is 0 Å². The number of carbonyl (C=O) groups excluding carboxylic acids is 2. The molecule has 7 N–H and O–H groups in total. The van der Waals surface area contributed by atoms with Crippen LogP contribution in [0.25, 0.3) is 10.8 Å². The van der Waals surface area contributed by atoms with Crippen molar-refractivity contribution in [3.8, 4) is 23.0 Å². The third-order valence-corrected chi connectivity index (χ3v) is 8.86. The number of hydrogen-bond acceptors (Lipinski definition) is 10. The molecule has 13 heteroatoms. The van der Waals surface area contributed by atoms with Crippen LogP contribution >= 0.6 is 0 Å².